The fourth-order valence-electron chi connectivity index (χ4n) is 2.54. The summed E-state index contributed by atoms with van der Waals surface area (Å²) in [7, 11) is 0. The molecule has 0 heterocycles. The van der Waals surface area contributed by atoms with E-state index in [1.807, 2.05) is 0 Å². The van der Waals surface area contributed by atoms with Gasteiger partial charge in [0.1, 0.15) is 0 Å². The van der Waals surface area contributed by atoms with E-state index in [2.05, 4.69) is 12.2 Å². The van der Waals surface area contributed by atoms with Crippen molar-refractivity contribution in [1.82, 2.24) is 5.32 Å². The minimum atomic E-state index is 0.0689. The molecule has 2 fully saturated rings. The van der Waals surface area contributed by atoms with Crippen molar-refractivity contribution in [3.05, 3.63) is 0 Å². The molecule has 2 rings (SSSR count). The molecule has 0 bridgehead atoms. The average Bonchev–Trinajstić information content (AvgIpc) is 2.93. The van der Waals surface area contributed by atoms with Crippen molar-refractivity contribution in [1.29, 1.82) is 0 Å². The van der Waals surface area contributed by atoms with Gasteiger partial charge in [0.2, 0.25) is 0 Å². The van der Waals surface area contributed by atoms with Gasteiger partial charge in [-0.05, 0) is 31.6 Å². The van der Waals surface area contributed by atoms with E-state index in [1.165, 1.54) is 38.5 Å². The highest BCUT2D eigenvalue weighted by Crippen LogP contribution is 2.36. The monoisotopic (exact) mass is 183 g/mol. The van der Waals surface area contributed by atoms with Gasteiger partial charge in [0.25, 0.3) is 0 Å². The molecule has 0 spiro atoms. The smallest absolute Gasteiger partial charge is 0.0616 e. The van der Waals surface area contributed by atoms with Crippen LogP contribution in [0.4, 0.5) is 0 Å². The molecule has 2 saturated carbocycles. The van der Waals surface area contributed by atoms with Gasteiger partial charge in [-0.2, -0.15) is 0 Å². The van der Waals surface area contributed by atoms with Gasteiger partial charge in [-0.1, -0.05) is 19.8 Å². The summed E-state index contributed by atoms with van der Waals surface area (Å²) in [4.78, 5) is 0. The first-order valence-corrected chi connectivity index (χ1v) is 5.65. The zero-order chi connectivity index (χ0) is 9.31. The zero-order valence-corrected chi connectivity index (χ0v) is 8.55. The third-order valence-electron chi connectivity index (χ3n) is 3.80. The SMILES string of the molecule is CC1CCCCC1(CO)NC1CC1. The van der Waals surface area contributed by atoms with Crippen LogP contribution in [0.2, 0.25) is 0 Å². The molecule has 0 amide bonds. The van der Waals surface area contributed by atoms with Gasteiger partial charge >= 0.3 is 0 Å². The predicted octanol–water partition coefficient (Wildman–Crippen LogP) is 1.68. The fourth-order valence-corrected chi connectivity index (χ4v) is 2.54. The van der Waals surface area contributed by atoms with Gasteiger partial charge in [-0.15, -0.1) is 0 Å². The van der Waals surface area contributed by atoms with Gasteiger partial charge in [0, 0.05) is 11.6 Å². The fraction of sp³-hybridized carbons (Fsp3) is 1.00. The van der Waals surface area contributed by atoms with E-state index in [9.17, 15) is 5.11 Å². The maximum absolute atomic E-state index is 9.53. The van der Waals surface area contributed by atoms with Crippen molar-refractivity contribution in [2.24, 2.45) is 5.92 Å². The minimum Gasteiger partial charge on any atom is -0.394 e. The average molecular weight is 183 g/mol. The summed E-state index contributed by atoms with van der Waals surface area (Å²) in [6, 6.07) is 0.715. The van der Waals surface area contributed by atoms with E-state index < -0.39 is 0 Å². The van der Waals surface area contributed by atoms with E-state index >= 15 is 0 Å². The van der Waals surface area contributed by atoms with Crippen LogP contribution in [-0.4, -0.2) is 23.3 Å². The summed E-state index contributed by atoms with van der Waals surface area (Å²) >= 11 is 0. The van der Waals surface area contributed by atoms with Crippen LogP contribution in [0.1, 0.15) is 45.4 Å². The molecule has 0 saturated heterocycles. The lowest BCUT2D eigenvalue weighted by Gasteiger charge is -2.42. The molecule has 2 nitrogen and oxygen atoms in total. The van der Waals surface area contributed by atoms with E-state index in [4.69, 9.17) is 0 Å². The topological polar surface area (TPSA) is 32.3 Å². The van der Waals surface area contributed by atoms with Crippen molar-refractivity contribution in [3.8, 4) is 0 Å². The normalized spacial score (nSPS) is 40.6. The first-order chi connectivity index (χ1) is 6.27. The molecule has 13 heavy (non-hydrogen) atoms. The summed E-state index contributed by atoms with van der Waals surface area (Å²) in [5.41, 5.74) is 0.0689. The number of rotatable bonds is 3. The third kappa shape index (κ3) is 1.89. The molecule has 0 aromatic heterocycles. The molecule has 2 aliphatic rings. The Hall–Kier alpha value is -0.0800. The van der Waals surface area contributed by atoms with Crippen LogP contribution in [0.3, 0.4) is 0 Å². The van der Waals surface area contributed by atoms with Crippen LogP contribution in [0.15, 0.2) is 0 Å². The number of hydrogen-bond donors (Lipinski definition) is 2. The Morgan fingerprint density at radius 1 is 1.31 bits per heavy atom. The molecule has 2 atom stereocenters. The second-order valence-electron chi connectivity index (χ2n) is 4.88. The van der Waals surface area contributed by atoms with Crippen molar-refractivity contribution >= 4 is 0 Å². The van der Waals surface area contributed by atoms with Crippen LogP contribution in [-0.2, 0) is 0 Å². The maximum atomic E-state index is 9.53. The van der Waals surface area contributed by atoms with Crippen molar-refractivity contribution in [2.45, 2.75) is 57.0 Å². The minimum absolute atomic E-state index is 0.0689. The maximum Gasteiger partial charge on any atom is 0.0616 e. The highest BCUT2D eigenvalue weighted by atomic mass is 16.3. The second-order valence-corrected chi connectivity index (χ2v) is 4.88. The van der Waals surface area contributed by atoms with Gasteiger partial charge in [0.05, 0.1) is 6.61 Å². The molecule has 2 N–H and O–H groups in total. The highest BCUT2D eigenvalue weighted by Gasteiger charge is 2.41. The first-order valence-electron chi connectivity index (χ1n) is 5.65. The summed E-state index contributed by atoms with van der Waals surface area (Å²) in [6.07, 6.45) is 7.70. The first kappa shape index (κ1) is 9.47. The standard InChI is InChI=1S/C11H21NO/c1-9-4-2-3-7-11(9,8-13)12-10-5-6-10/h9-10,12-13H,2-8H2,1H3. The summed E-state index contributed by atoms with van der Waals surface area (Å²) < 4.78 is 0. The van der Waals surface area contributed by atoms with E-state index in [1.54, 1.807) is 0 Å². The Kier molecular flexibility index (Phi) is 2.61. The Balaban J connectivity index is 2.00. The van der Waals surface area contributed by atoms with Gasteiger partial charge in [0.15, 0.2) is 0 Å². The van der Waals surface area contributed by atoms with E-state index in [-0.39, 0.29) is 5.54 Å². The van der Waals surface area contributed by atoms with Gasteiger partial charge in [-0.25, -0.2) is 0 Å². The Morgan fingerprint density at radius 3 is 2.62 bits per heavy atom. The summed E-state index contributed by atoms with van der Waals surface area (Å²) in [6.45, 7) is 2.61. The number of hydrogen-bond acceptors (Lipinski definition) is 2. The van der Waals surface area contributed by atoms with Gasteiger partial charge in [-0.3, -0.25) is 0 Å². The number of nitrogens with one attached hydrogen (secondary N) is 1. The van der Waals surface area contributed by atoms with Crippen LogP contribution in [0, 0.1) is 5.92 Å². The largest absolute Gasteiger partial charge is 0.394 e. The van der Waals surface area contributed by atoms with Crippen LogP contribution >= 0.6 is 0 Å². The van der Waals surface area contributed by atoms with E-state index in [0.29, 0.717) is 18.6 Å². The molecule has 76 valence electrons. The van der Waals surface area contributed by atoms with Crippen molar-refractivity contribution in [3.63, 3.8) is 0 Å². The Morgan fingerprint density at radius 2 is 2.08 bits per heavy atom. The van der Waals surface area contributed by atoms with E-state index in [0.717, 1.165) is 0 Å². The van der Waals surface area contributed by atoms with Crippen molar-refractivity contribution < 1.29 is 5.11 Å². The lowest BCUT2D eigenvalue weighted by Crippen LogP contribution is -2.55. The molecule has 2 aliphatic carbocycles. The molecule has 0 aromatic carbocycles. The predicted molar refractivity (Wildman–Crippen MR) is 53.6 cm³/mol. The van der Waals surface area contributed by atoms with Crippen molar-refractivity contribution in [2.75, 3.05) is 6.61 Å². The summed E-state index contributed by atoms with van der Waals surface area (Å²) in [5.74, 6) is 0.645. The molecule has 0 aromatic rings. The van der Waals surface area contributed by atoms with Crippen LogP contribution < -0.4 is 5.32 Å². The van der Waals surface area contributed by atoms with Crippen LogP contribution in [0.5, 0.6) is 0 Å². The third-order valence-corrected chi connectivity index (χ3v) is 3.80. The van der Waals surface area contributed by atoms with Crippen LogP contribution in [0.25, 0.3) is 0 Å². The molecule has 2 heteroatoms. The zero-order valence-electron chi connectivity index (χ0n) is 8.55. The quantitative estimate of drug-likeness (QED) is 0.697. The lowest BCUT2D eigenvalue weighted by atomic mass is 9.74. The lowest BCUT2D eigenvalue weighted by molar-refractivity contribution is 0.0729. The number of aliphatic hydroxyl groups is 1. The van der Waals surface area contributed by atoms with Gasteiger partial charge < -0.3 is 10.4 Å². The molecule has 0 radical (unpaired) electrons. The highest BCUT2D eigenvalue weighted by molar-refractivity contribution is 4.99. The summed E-state index contributed by atoms with van der Waals surface area (Å²) in [5, 5.41) is 13.2. The number of aliphatic hydroxyl groups excluding tert-OH is 1. The molecule has 0 aliphatic heterocycles. The molecular weight excluding hydrogens is 162 g/mol. The molecular formula is C11H21NO. The Labute approximate surface area is 80.7 Å². The second kappa shape index (κ2) is 3.58. The molecule has 2 unspecified atom stereocenters. The Bertz CT molecular complexity index is 179.